The lowest BCUT2D eigenvalue weighted by atomic mass is 10.1. The van der Waals surface area contributed by atoms with Crippen LogP contribution in [0.25, 0.3) is 0 Å². The molecular formula is C13H18FN3. The van der Waals surface area contributed by atoms with Gasteiger partial charge in [0.2, 0.25) is 0 Å². The number of nitrogens with two attached hydrogens (primary N) is 1. The normalized spacial score (nSPS) is 16.6. The highest BCUT2D eigenvalue weighted by molar-refractivity contribution is 6.00. The molecule has 0 aromatic heterocycles. The van der Waals surface area contributed by atoms with E-state index in [0.717, 1.165) is 31.6 Å². The topological polar surface area (TPSA) is 53.1 Å². The lowest BCUT2D eigenvalue weighted by Crippen LogP contribution is -2.27. The molecule has 92 valence electrons. The van der Waals surface area contributed by atoms with Crippen LogP contribution in [0.3, 0.4) is 0 Å². The monoisotopic (exact) mass is 235 g/mol. The highest BCUT2D eigenvalue weighted by Crippen LogP contribution is 2.24. The van der Waals surface area contributed by atoms with Crippen LogP contribution < -0.4 is 10.6 Å². The number of halogens is 1. The minimum atomic E-state index is -0.339. The molecule has 0 unspecified atom stereocenters. The van der Waals surface area contributed by atoms with E-state index >= 15 is 0 Å². The van der Waals surface area contributed by atoms with Crippen LogP contribution in [-0.4, -0.2) is 18.9 Å². The van der Waals surface area contributed by atoms with Crippen molar-refractivity contribution < 1.29 is 4.39 Å². The Hall–Kier alpha value is -1.58. The summed E-state index contributed by atoms with van der Waals surface area (Å²) in [6.45, 7) is 1.93. The van der Waals surface area contributed by atoms with Crippen molar-refractivity contribution in [3.05, 3.63) is 29.6 Å². The second-order valence-electron chi connectivity index (χ2n) is 4.48. The Labute approximate surface area is 101 Å². The van der Waals surface area contributed by atoms with Gasteiger partial charge in [0.1, 0.15) is 11.7 Å². The van der Waals surface area contributed by atoms with E-state index in [-0.39, 0.29) is 11.7 Å². The van der Waals surface area contributed by atoms with Crippen molar-refractivity contribution in [3.8, 4) is 0 Å². The van der Waals surface area contributed by atoms with Crippen molar-refractivity contribution in [2.75, 3.05) is 18.0 Å². The summed E-state index contributed by atoms with van der Waals surface area (Å²) in [6.07, 6.45) is 4.78. The molecule has 17 heavy (non-hydrogen) atoms. The Morgan fingerprint density at radius 1 is 1.18 bits per heavy atom. The van der Waals surface area contributed by atoms with Gasteiger partial charge in [0, 0.05) is 24.3 Å². The quantitative estimate of drug-likeness (QED) is 0.611. The predicted molar refractivity (Wildman–Crippen MR) is 68.1 cm³/mol. The minimum absolute atomic E-state index is 0.0660. The van der Waals surface area contributed by atoms with E-state index in [1.165, 1.54) is 25.0 Å². The molecule has 0 spiro atoms. The van der Waals surface area contributed by atoms with Crippen molar-refractivity contribution in [1.29, 1.82) is 5.41 Å². The number of nitrogens with one attached hydrogen (secondary N) is 1. The smallest absolute Gasteiger partial charge is 0.125 e. The number of benzene rings is 1. The fourth-order valence-electron chi connectivity index (χ4n) is 2.31. The van der Waals surface area contributed by atoms with Gasteiger partial charge in [-0.3, -0.25) is 5.41 Å². The summed E-state index contributed by atoms with van der Waals surface area (Å²) < 4.78 is 13.2. The maximum Gasteiger partial charge on any atom is 0.125 e. The number of hydrogen-bond donors (Lipinski definition) is 2. The van der Waals surface area contributed by atoms with Crippen molar-refractivity contribution in [1.82, 2.24) is 0 Å². The molecule has 0 amide bonds. The Kier molecular flexibility index (Phi) is 3.61. The molecule has 1 aromatic rings. The van der Waals surface area contributed by atoms with E-state index in [2.05, 4.69) is 4.90 Å². The molecule has 0 radical (unpaired) electrons. The molecule has 0 bridgehead atoms. The fraction of sp³-hybridized carbons (Fsp3) is 0.462. The molecule has 1 aliphatic rings. The average Bonchev–Trinajstić information content (AvgIpc) is 2.57. The van der Waals surface area contributed by atoms with Gasteiger partial charge in [0.05, 0.1) is 0 Å². The summed E-state index contributed by atoms with van der Waals surface area (Å²) in [6, 6.07) is 4.52. The third-order valence-corrected chi connectivity index (χ3v) is 3.20. The van der Waals surface area contributed by atoms with Crippen molar-refractivity contribution in [3.63, 3.8) is 0 Å². The van der Waals surface area contributed by atoms with Gasteiger partial charge in [-0.15, -0.1) is 0 Å². The number of rotatable bonds is 2. The first kappa shape index (κ1) is 11.9. The summed E-state index contributed by atoms with van der Waals surface area (Å²) >= 11 is 0. The first-order valence-electron chi connectivity index (χ1n) is 6.07. The van der Waals surface area contributed by atoms with Crippen molar-refractivity contribution >= 4 is 11.5 Å². The Balaban J connectivity index is 2.32. The molecule has 0 saturated carbocycles. The summed E-state index contributed by atoms with van der Waals surface area (Å²) in [4.78, 5) is 2.21. The van der Waals surface area contributed by atoms with Crippen LogP contribution >= 0.6 is 0 Å². The molecule has 1 fully saturated rings. The van der Waals surface area contributed by atoms with Crippen LogP contribution in [0.4, 0.5) is 10.1 Å². The van der Waals surface area contributed by atoms with Gasteiger partial charge in [-0.05, 0) is 31.0 Å². The zero-order valence-corrected chi connectivity index (χ0v) is 9.88. The van der Waals surface area contributed by atoms with Gasteiger partial charge in [-0.2, -0.15) is 0 Å². The van der Waals surface area contributed by atoms with Crippen molar-refractivity contribution in [2.45, 2.75) is 25.7 Å². The van der Waals surface area contributed by atoms with Crippen LogP contribution in [0.15, 0.2) is 18.2 Å². The minimum Gasteiger partial charge on any atom is -0.384 e. The zero-order chi connectivity index (χ0) is 12.3. The average molecular weight is 235 g/mol. The first-order valence-corrected chi connectivity index (χ1v) is 6.07. The van der Waals surface area contributed by atoms with Gasteiger partial charge in [-0.1, -0.05) is 12.8 Å². The molecule has 0 aliphatic carbocycles. The van der Waals surface area contributed by atoms with Gasteiger partial charge in [-0.25, -0.2) is 4.39 Å². The molecule has 2 rings (SSSR count). The molecule has 1 heterocycles. The SMILES string of the molecule is N=C(N)c1cc(F)ccc1N1CCCCCC1. The number of anilines is 1. The third-order valence-electron chi connectivity index (χ3n) is 3.20. The highest BCUT2D eigenvalue weighted by Gasteiger charge is 2.15. The van der Waals surface area contributed by atoms with E-state index in [1.54, 1.807) is 6.07 Å². The van der Waals surface area contributed by atoms with E-state index in [1.807, 2.05) is 0 Å². The molecule has 1 aromatic carbocycles. The molecule has 0 atom stereocenters. The molecule has 1 saturated heterocycles. The Bertz CT molecular complexity index is 409. The standard InChI is InChI=1S/C13H18FN3/c14-10-5-6-12(11(9-10)13(15)16)17-7-3-1-2-4-8-17/h5-6,9H,1-4,7-8H2,(H3,15,16). The van der Waals surface area contributed by atoms with Crippen molar-refractivity contribution in [2.24, 2.45) is 5.73 Å². The van der Waals surface area contributed by atoms with Crippen LogP contribution in [0.2, 0.25) is 0 Å². The molecular weight excluding hydrogens is 217 g/mol. The van der Waals surface area contributed by atoms with E-state index < -0.39 is 0 Å². The van der Waals surface area contributed by atoms with Crippen LogP contribution in [0, 0.1) is 11.2 Å². The van der Waals surface area contributed by atoms with Crippen LogP contribution in [-0.2, 0) is 0 Å². The lowest BCUT2D eigenvalue weighted by Gasteiger charge is -2.25. The summed E-state index contributed by atoms with van der Waals surface area (Å²) in [5.41, 5.74) is 6.92. The Morgan fingerprint density at radius 3 is 2.41 bits per heavy atom. The Morgan fingerprint density at radius 2 is 1.82 bits per heavy atom. The molecule has 4 heteroatoms. The van der Waals surface area contributed by atoms with E-state index in [9.17, 15) is 4.39 Å². The fourth-order valence-corrected chi connectivity index (χ4v) is 2.31. The lowest BCUT2D eigenvalue weighted by molar-refractivity contribution is 0.627. The second-order valence-corrected chi connectivity index (χ2v) is 4.48. The predicted octanol–water partition coefficient (Wildman–Crippen LogP) is 2.49. The van der Waals surface area contributed by atoms with E-state index in [0.29, 0.717) is 5.56 Å². The van der Waals surface area contributed by atoms with Gasteiger partial charge in [0.15, 0.2) is 0 Å². The maximum absolute atomic E-state index is 13.2. The third kappa shape index (κ3) is 2.75. The summed E-state index contributed by atoms with van der Waals surface area (Å²) in [5, 5.41) is 7.53. The molecule has 1 aliphatic heterocycles. The van der Waals surface area contributed by atoms with Gasteiger partial charge >= 0.3 is 0 Å². The zero-order valence-electron chi connectivity index (χ0n) is 9.88. The van der Waals surface area contributed by atoms with E-state index in [4.69, 9.17) is 11.1 Å². The van der Waals surface area contributed by atoms with Gasteiger partial charge < -0.3 is 10.6 Å². The molecule has 3 N–H and O–H groups in total. The largest absolute Gasteiger partial charge is 0.384 e. The number of nitrogens with zero attached hydrogens (tertiary/aromatic N) is 1. The first-order chi connectivity index (χ1) is 8.18. The number of nitrogen functional groups attached to an aromatic ring is 1. The molecule has 3 nitrogen and oxygen atoms in total. The number of hydrogen-bond acceptors (Lipinski definition) is 2. The highest BCUT2D eigenvalue weighted by atomic mass is 19.1. The number of amidine groups is 1. The summed E-state index contributed by atoms with van der Waals surface area (Å²) in [5.74, 6) is -0.405. The van der Waals surface area contributed by atoms with Crippen LogP contribution in [0.1, 0.15) is 31.2 Å². The second kappa shape index (κ2) is 5.17. The summed E-state index contributed by atoms with van der Waals surface area (Å²) in [7, 11) is 0. The van der Waals surface area contributed by atoms with Gasteiger partial charge in [0.25, 0.3) is 0 Å². The maximum atomic E-state index is 13.2. The van der Waals surface area contributed by atoms with Crippen LogP contribution in [0.5, 0.6) is 0 Å².